The second-order valence-electron chi connectivity index (χ2n) is 6.90. The van der Waals surface area contributed by atoms with Crippen LogP contribution in [-0.4, -0.2) is 49.4 Å². The maximum atomic E-state index is 12.7. The Bertz CT molecular complexity index is 1090. The SMILES string of the molecule is COc1ccccc1N1C(=NC(=O)Cc2ccccc2Cl)S[C@@H]2CS(=O)(=O)C[C@H]21. The highest BCUT2D eigenvalue weighted by atomic mass is 35.5. The molecule has 29 heavy (non-hydrogen) atoms. The van der Waals surface area contributed by atoms with Crippen molar-refractivity contribution in [2.24, 2.45) is 4.99 Å². The minimum Gasteiger partial charge on any atom is -0.495 e. The fourth-order valence-electron chi connectivity index (χ4n) is 3.63. The highest BCUT2D eigenvalue weighted by Crippen LogP contribution is 2.43. The predicted octanol–water partition coefficient (Wildman–Crippen LogP) is 3.19. The van der Waals surface area contributed by atoms with Gasteiger partial charge in [-0.2, -0.15) is 4.99 Å². The molecule has 2 aromatic rings. The number of halogens is 1. The summed E-state index contributed by atoms with van der Waals surface area (Å²) in [7, 11) is -1.57. The average molecular weight is 451 g/mol. The van der Waals surface area contributed by atoms with Crippen LogP contribution in [-0.2, 0) is 21.1 Å². The largest absolute Gasteiger partial charge is 0.495 e. The van der Waals surface area contributed by atoms with Gasteiger partial charge in [-0.25, -0.2) is 8.42 Å². The lowest BCUT2D eigenvalue weighted by molar-refractivity contribution is -0.117. The highest BCUT2D eigenvalue weighted by Gasteiger charge is 2.50. The molecule has 152 valence electrons. The molecule has 2 saturated heterocycles. The molecule has 9 heteroatoms. The van der Waals surface area contributed by atoms with Gasteiger partial charge in [-0.1, -0.05) is 53.7 Å². The number of hydrogen-bond donors (Lipinski definition) is 0. The van der Waals surface area contributed by atoms with Crippen molar-refractivity contribution in [3.05, 3.63) is 59.1 Å². The summed E-state index contributed by atoms with van der Waals surface area (Å²) in [6.07, 6.45) is 0.0805. The number of para-hydroxylation sites is 2. The number of nitrogens with zero attached hydrogens (tertiary/aromatic N) is 2. The Kier molecular flexibility index (Phi) is 5.59. The van der Waals surface area contributed by atoms with E-state index in [2.05, 4.69) is 4.99 Å². The zero-order valence-electron chi connectivity index (χ0n) is 15.6. The Morgan fingerprint density at radius 1 is 1.21 bits per heavy atom. The zero-order chi connectivity index (χ0) is 20.6. The number of fused-ring (bicyclic) bond motifs is 1. The molecule has 2 aliphatic heterocycles. The van der Waals surface area contributed by atoms with Crippen molar-refractivity contribution < 1.29 is 17.9 Å². The number of anilines is 1. The van der Waals surface area contributed by atoms with E-state index in [9.17, 15) is 13.2 Å². The summed E-state index contributed by atoms with van der Waals surface area (Å²) in [6.45, 7) is 0. The first-order chi connectivity index (χ1) is 13.9. The van der Waals surface area contributed by atoms with Gasteiger partial charge in [0.05, 0.1) is 36.8 Å². The summed E-state index contributed by atoms with van der Waals surface area (Å²) < 4.78 is 29.8. The Morgan fingerprint density at radius 2 is 1.93 bits per heavy atom. The molecule has 1 amide bonds. The van der Waals surface area contributed by atoms with Crippen LogP contribution in [0.15, 0.2) is 53.5 Å². The number of amides is 1. The third-order valence-electron chi connectivity index (χ3n) is 4.93. The number of carbonyl (C=O) groups is 1. The molecule has 0 bridgehead atoms. The van der Waals surface area contributed by atoms with Crippen LogP contribution in [0.2, 0.25) is 5.02 Å². The summed E-state index contributed by atoms with van der Waals surface area (Å²) >= 11 is 7.50. The summed E-state index contributed by atoms with van der Waals surface area (Å²) in [5.41, 5.74) is 1.41. The number of amidine groups is 1. The van der Waals surface area contributed by atoms with E-state index < -0.39 is 9.84 Å². The molecule has 2 fully saturated rings. The van der Waals surface area contributed by atoms with Crippen LogP contribution >= 0.6 is 23.4 Å². The third-order valence-corrected chi connectivity index (χ3v) is 8.51. The van der Waals surface area contributed by atoms with E-state index in [1.165, 1.54) is 11.8 Å². The van der Waals surface area contributed by atoms with Gasteiger partial charge in [-0.3, -0.25) is 4.79 Å². The molecule has 2 atom stereocenters. The molecule has 6 nitrogen and oxygen atoms in total. The van der Waals surface area contributed by atoms with Crippen molar-refractivity contribution in [1.29, 1.82) is 0 Å². The van der Waals surface area contributed by atoms with Crippen LogP contribution in [0.3, 0.4) is 0 Å². The molecule has 0 N–H and O–H groups in total. The smallest absolute Gasteiger partial charge is 0.252 e. The van der Waals surface area contributed by atoms with Crippen molar-refractivity contribution in [2.75, 3.05) is 23.5 Å². The molecule has 2 aromatic carbocycles. The maximum Gasteiger partial charge on any atom is 0.252 e. The van der Waals surface area contributed by atoms with Crippen molar-refractivity contribution in [3.8, 4) is 5.75 Å². The van der Waals surface area contributed by atoms with Crippen molar-refractivity contribution in [1.82, 2.24) is 0 Å². The van der Waals surface area contributed by atoms with Crippen LogP contribution in [0.4, 0.5) is 5.69 Å². The number of rotatable bonds is 4. The van der Waals surface area contributed by atoms with E-state index in [-0.39, 0.29) is 35.1 Å². The van der Waals surface area contributed by atoms with Crippen molar-refractivity contribution in [2.45, 2.75) is 17.7 Å². The average Bonchev–Trinajstić information content (AvgIpc) is 3.14. The van der Waals surface area contributed by atoms with Gasteiger partial charge in [-0.05, 0) is 23.8 Å². The Morgan fingerprint density at radius 3 is 2.69 bits per heavy atom. The van der Waals surface area contributed by atoms with E-state index in [4.69, 9.17) is 16.3 Å². The molecule has 0 aliphatic carbocycles. The van der Waals surface area contributed by atoms with Crippen LogP contribution in [0, 0.1) is 0 Å². The molecular weight excluding hydrogens is 432 g/mol. The van der Waals surface area contributed by atoms with Crippen LogP contribution < -0.4 is 9.64 Å². The molecule has 0 saturated carbocycles. The number of benzene rings is 2. The van der Waals surface area contributed by atoms with Crippen molar-refractivity contribution >= 4 is 50.0 Å². The van der Waals surface area contributed by atoms with Crippen LogP contribution in [0.25, 0.3) is 0 Å². The Labute approximate surface area is 178 Å². The van der Waals surface area contributed by atoms with Crippen molar-refractivity contribution in [3.63, 3.8) is 0 Å². The molecule has 2 heterocycles. The monoisotopic (exact) mass is 450 g/mol. The molecule has 0 unspecified atom stereocenters. The van der Waals surface area contributed by atoms with Gasteiger partial charge < -0.3 is 9.64 Å². The van der Waals surface area contributed by atoms with Gasteiger partial charge in [0.2, 0.25) is 0 Å². The summed E-state index contributed by atoms with van der Waals surface area (Å²) in [6, 6.07) is 14.2. The lowest BCUT2D eigenvalue weighted by atomic mass is 10.1. The van der Waals surface area contributed by atoms with Crippen LogP contribution in [0.1, 0.15) is 5.56 Å². The van der Waals surface area contributed by atoms with Gasteiger partial charge in [0.25, 0.3) is 5.91 Å². The van der Waals surface area contributed by atoms with E-state index in [0.717, 1.165) is 0 Å². The molecule has 2 aliphatic rings. The number of sulfone groups is 1. The van der Waals surface area contributed by atoms with E-state index in [1.54, 1.807) is 31.4 Å². The minimum atomic E-state index is -3.13. The fourth-order valence-corrected chi connectivity index (χ4v) is 7.75. The number of thioether (sulfide) groups is 1. The minimum absolute atomic E-state index is 0.0282. The Balaban J connectivity index is 1.69. The molecule has 0 aromatic heterocycles. The van der Waals surface area contributed by atoms with E-state index in [0.29, 0.717) is 27.2 Å². The lowest BCUT2D eigenvalue weighted by Gasteiger charge is -2.26. The van der Waals surface area contributed by atoms with E-state index in [1.807, 2.05) is 29.2 Å². The Hall–Kier alpha value is -2.03. The molecular formula is C20H19ClN2O4S2. The van der Waals surface area contributed by atoms with Crippen LogP contribution in [0.5, 0.6) is 5.75 Å². The third kappa shape index (κ3) is 4.15. The van der Waals surface area contributed by atoms with Gasteiger partial charge >= 0.3 is 0 Å². The number of methoxy groups -OCH3 is 1. The number of carbonyl (C=O) groups excluding carboxylic acids is 1. The predicted molar refractivity (Wildman–Crippen MR) is 117 cm³/mol. The first-order valence-electron chi connectivity index (χ1n) is 9.02. The second-order valence-corrected chi connectivity index (χ2v) is 10.7. The number of hydrogen-bond acceptors (Lipinski definition) is 5. The fraction of sp³-hybridized carbons (Fsp3) is 0.300. The lowest BCUT2D eigenvalue weighted by Crippen LogP contribution is -2.38. The summed E-state index contributed by atoms with van der Waals surface area (Å²) in [5.74, 6) is 0.374. The molecule has 0 spiro atoms. The standard InChI is InChI=1S/C20H19ClN2O4S2/c1-27-17-9-5-4-8-15(17)23-16-11-29(25,26)12-18(16)28-20(23)22-19(24)10-13-6-2-3-7-14(13)21/h2-9,16,18H,10-12H2,1H3/t16-,18-/m1/s1. The van der Waals surface area contributed by atoms with Gasteiger partial charge in [-0.15, -0.1) is 0 Å². The highest BCUT2D eigenvalue weighted by molar-refractivity contribution is 8.16. The second kappa shape index (κ2) is 8.01. The van der Waals surface area contributed by atoms with Gasteiger partial charge in [0.15, 0.2) is 15.0 Å². The summed E-state index contributed by atoms with van der Waals surface area (Å²) in [5, 5.41) is 0.845. The summed E-state index contributed by atoms with van der Waals surface area (Å²) in [4.78, 5) is 18.8. The topological polar surface area (TPSA) is 76.0 Å². The quantitative estimate of drug-likeness (QED) is 0.712. The first-order valence-corrected chi connectivity index (χ1v) is 12.1. The van der Waals surface area contributed by atoms with E-state index >= 15 is 0 Å². The number of aliphatic imine (C=N–C) groups is 1. The molecule has 0 radical (unpaired) electrons. The molecule has 4 rings (SSSR count). The number of ether oxygens (including phenoxy) is 1. The van der Waals surface area contributed by atoms with Gasteiger partial charge in [0, 0.05) is 10.3 Å². The maximum absolute atomic E-state index is 12.7. The zero-order valence-corrected chi connectivity index (χ0v) is 18.0. The normalized spacial score (nSPS) is 23.9. The van der Waals surface area contributed by atoms with Gasteiger partial charge in [0.1, 0.15) is 5.75 Å². The first kappa shape index (κ1) is 20.3.